The van der Waals surface area contributed by atoms with Crippen molar-refractivity contribution in [3.05, 3.63) is 71.0 Å². The number of alkyl halides is 3. The van der Waals surface area contributed by atoms with Crippen LogP contribution in [0.2, 0.25) is 0 Å². The Morgan fingerprint density at radius 1 is 1.03 bits per heavy atom. The summed E-state index contributed by atoms with van der Waals surface area (Å²) >= 11 is 0. The number of rotatable bonds is 8. The third-order valence-corrected chi connectivity index (χ3v) is 7.36. The summed E-state index contributed by atoms with van der Waals surface area (Å²) in [4.78, 5) is 13.1. The number of aromatic nitrogens is 3. The highest BCUT2D eigenvalue weighted by molar-refractivity contribution is 5.40. The van der Waals surface area contributed by atoms with Gasteiger partial charge in [0.05, 0.1) is 17.5 Å². The Bertz CT molecular complexity index is 1130. The van der Waals surface area contributed by atoms with Crippen molar-refractivity contribution >= 4 is 5.82 Å². The highest BCUT2D eigenvalue weighted by Crippen LogP contribution is 2.47. The van der Waals surface area contributed by atoms with E-state index < -0.39 is 11.7 Å². The molecule has 5 rings (SSSR count). The molecule has 1 aromatic carbocycles. The van der Waals surface area contributed by atoms with Crippen molar-refractivity contribution < 1.29 is 17.7 Å². The van der Waals surface area contributed by atoms with E-state index in [-0.39, 0.29) is 5.41 Å². The van der Waals surface area contributed by atoms with Crippen molar-refractivity contribution in [3.8, 4) is 0 Å². The molecule has 2 aromatic heterocycles. The van der Waals surface area contributed by atoms with Crippen LogP contribution in [0.25, 0.3) is 0 Å². The Labute approximate surface area is 208 Å². The van der Waals surface area contributed by atoms with Crippen molar-refractivity contribution in [1.29, 1.82) is 0 Å². The summed E-state index contributed by atoms with van der Waals surface area (Å²) in [5.74, 6) is 1.96. The minimum atomic E-state index is -4.36. The monoisotopic (exact) mass is 500 g/mol. The molecule has 7 nitrogen and oxygen atoms in total. The predicted molar refractivity (Wildman–Crippen MR) is 130 cm³/mol. The van der Waals surface area contributed by atoms with E-state index in [0.29, 0.717) is 18.3 Å². The molecule has 2 aliphatic rings. The minimum absolute atomic E-state index is 0.128. The minimum Gasteiger partial charge on any atom is -0.354 e. The second-order valence-electron chi connectivity index (χ2n) is 9.72. The van der Waals surface area contributed by atoms with Gasteiger partial charge in [-0.15, -0.1) is 0 Å². The highest BCUT2D eigenvalue weighted by atomic mass is 19.4. The molecule has 10 heteroatoms. The Balaban J connectivity index is 1.06. The van der Waals surface area contributed by atoms with E-state index in [1.54, 1.807) is 0 Å². The summed E-state index contributed by atoms with van der Waals surface area (Å²) < 4.78 is 43.8. The molecule has 0 radical (unpaired) electrons. The summed E-state index contributed by atoms with van der Waals surface area (Å²) in [5, 5.41) is 7.71. The second kappa shape index (κ2) is 10.2. The molecule has 2 fully saturated rings. The van der Waals surface area contributed by atoms with Gasteiger partial charge >= 0.3 is 6.18 Å². The number of aryl methyl sites for hydroxylation is 1. The van der Waals surface area contributed by atoms with Gasteiger partial charge in [0.1, 0.15) is 5.82 Å². The van der Waals surface area contributed by atoms with Gasteiger partial charge in [-0.05, 0) is 37.5 Å². The fraction of sp³-hybridized carbons (Fsp3) is 0.500. The number of nitrogens with zero attached hydrogens (tertiary/aromatic N) is 5. The number of hydrogen-bond donors (Lipinski definition) is 1. The lowest BCUT2D eigenvalue weighted by atomic mass is 9.64. The van der Waals surface area contributed by atoms with Crippen molar-refractivity contribution in [2.75, 3.05) is 44.2 Å². The molecule has 36 heavy (non-hydrogen) atoms. The van der Waals surface area contributed by atoms with Crippen molar-refractivity contribution in [3.63, 3.8) is 0 Å². The fourth-order valence-electron chi connectivity index (χ4n) is 4.94. The standard InChI is InChI=1S/C26H31F3N6O/c1-19-3-5-20(6-4-19)25(9-2-10-25)24-32-23(36-33-24)18-30-11-12-34-13-15-35(16-14-34)22-8-7-21(17-31-22)26(27,28)29/h3-8,17,30H,2,9-16,18H2,1H3. The van der Waals surface area contributed by atoms with Crippen LogP contribution in [0, 0.1) is 6.92 Å². The number of piperazine rings is 1. The van der Waals surface area contributed by atoms with Gasteiger partial charge in [-0.1, -0.05) is 41.4 Å². The maximum Gasteiger partial charge on any atom is 0.417 e. The predicted octanol–water partition coefficient (Wildman–Crippen LogP) is 4.17. The molecule has 1 aliphatic carbocycles. The molecule has 1 N–H and O–H groups in total. The first-order chi connectivity index (χ1) is 17.3. The Hall–Kier alpha value is -2.98. The molecular formula is C26H31F3N6O. The zero-order valence-corrected chi connectivity index (χ0v) is 20.4. The van der Waals surface area contributed by atoms with Crippen molar-refractivity contribution in [1.82, 2.24) is 25.3 Å². The van der Waals surface area contributed by atoms with Crippen LogP contribution in [-0.4, -0.2) is 59.3 Å². The zero-order valence-electron chi connectivity index (χ0n) is 20.4. The van der Waals surface area contributed by atoms with Crippen LogP contribution in [0.5, 0.6) is 0 Å². The van der Waals surface area contributed by atoms with Crippen LogP contribution in [0.3, 0.4) is 0 Å². The average molecular weight is 501 g/mol. The van der Waals surface area contributed by atoms with Gasteiger partial charge in [0.15, 0.2) is 5.82 Å². The first-order valence-corrected chi connectivity index (χ1v) is 12.4. The highest BCUT2D eigenvalue weighted by Gasteiger charge is 2.44. The number of anilines is 1. The lowest BCUT2D eigenvalue weighted by molar-refractivity contribution is -0.137. The number of benzene rings is 1. The maximum absolute atomic E-state index is 12.7. The maximum atomic E-state index is 12.7. The zero-order chi connectivity index (χ0) is 25.2. The normalized spacial score (nSPS) is 18.3. The van der Waals surface area contributed by atoms with Gasteiger partial charge in [-0.3, -0.25) is 4.90 Å². The Morgan fingerprint density at radius 3 is 2.39 bits per heavy atom. The van der Waals surface area contributed by atoms with Gasteiger partial charge in [-0.25, -0.2) is 4.98 Å². The molecular weight excluding hydrogens is 469 g/mol. The average Bonchev–Trinajstić information content (AvgIpc) is 3.31. The Morgan fingerprint density at radius 2 is 1.78 bits per heavy atom. The lowest BCUT2D eigenvalue weighted by Crippen LogP contribution is -2.48. The summed E-state index contributed by atoms with van der Waals surface area (Å²) in [7, 11) is 0. The third kappa shape index (κ3) is 5.24. The van der Waals surface area contributed by atoms with Crippen LogP contribution < -0.4 is 10.2 Å². The van der Waals surface area contributed by atoms with E-state index in [1.165, 1.54) is 17.2 Å². The van der Waals surface area contributed by atoms with Gasteiger partial charge in [0, 0.05) is 45.5 Å². The van der Waals surface area contributed by atoms with Crippen LogP contribution in [0.4, 0.5) is 19.0 Å². The molecule has 1 saturated carbocycles. The molecule has 1 aliphatic heterocycles. The molecule has 1 saturated heterocycles. The van der Waals surface area contributed by atoms with Crippen LogP contribution in [0.15, 0.2) is 47.1 Å². The van der Waals surface area contributed by atoms with Gasteiger partial charge in [0.25, 0.3) is 0 Å². The molecule has 0 spiro atoms. The van der Waals surface area contributed by atoms with E-state index in [1.807, 2.05) is 4.90 Å². The van der Waals surface area contributed by atoms with E-state index in [9.17, 15) is 13.2 Å². The topological polar surface area (TPSA) is 70.3 Å². The first kappa shape index (κ1) is 24.7. The van der Waals surface area contributed by atoms with Crippen LogP contribution in [-0.2, 0) is 18.1 Å². The van der Waals surface area contributed by atoms with E-state index in [4.69, 9.17) is 9.51 Å². The van der Waals surface area contributed by atoms with Crippen molar-refractivity contribution in [2.45, 2.75) is 44.3 Å². The van der Waals surface area contributed by atoms with Crippen LogP contribution >= 0.6 is 0 Å². The van der Waals surface area contributed by atoms with Gasteiger partial charge < -0.3 is 14.7 Å². The second-order valence-corrected chi connectivity index (χ2v) is 9.72. The van der Waals surface area contributed by atoms with Crippen molar-refractivity contribution in [2.24, 2.45) is 0 Å². The third-order valence-electron chi connectivity index (χ3n) is 7.36. The number of pyridine rings is 1. The number of halogens is 3. The number of nitrogens with one attached hydrogen (secondary N) is 1. The Kier molecular flexibility index (Phi) is 6.98. The van der Waals surface area contributed by atoms with Crippen LogP contribution in [0.1, 0.15) is 47.7 Å². The molecule has 0 atom stereocenters. The van der Waals surface area contributed by atoms with E-state index in [0.717, 1.165) is 76.6 Å². The molecule has 0 unspecified atom stereocenters. The SMILES string of the molecule is Cc1ccc(C2(c3noc(CNCCN4CCN(c5ccc(C(F)(F)F)cn5)CC4)n3)CCC2)cc1. The molecule has 3 aromatic rings. The van der Waals surface area contributed by atoms with Gasteiger partial charge in [-0.2, -0.15) is 18.2 Å². The summed E-state index contributed by atoms with van der Waals surface area (Å²) in [6.07, 6.45) is -0.215. The summed E-state index contributed by atoms with van der Waals surface area (Å²) in [6, 6.07) is 11.2. The first-order valence-electron chi connectivity index (χ1n) is 12.4. The quantitative estimate of drug-likeness (QED) is 0.466. The van der Waals surface area contributed by atoms with E-state index in [2.05, 4.69) is 51.5 Å². The van der Waals surface area contributed by atoms with Gasteiger partial charge in [0.2, 0.25) is 5.89 Å². The molecule has 0 bridgehead atoms. The summed E-state index contributed by atoms with van der Waals surface area (Å²) in [5.41, 5.74) is 1.65. The molecule has 0 amide bonds. The number of hydrogen-bond acceptors (Lipinski definition) is 7. The smallest absolute Gasteiger partial charge is 0.354 e. The van der Waals surface area contributed by atoms with E-state index >= 15 is 0 Å². The largest absolute Gasteiger partial charge is 0.417 e. The molecule has 3 heterocycles. The summed E-state index contributed by atoms with van der Waals surface area (Å²) in [6.45, 7) is 7.36. The molecule has 192 valence electrons. The fourth-order valence-corrected chi connectivity index (χ4v) is 4.94. The lowest BCUT2D eigenvalue weighted by Gasteiger charge is -2.39.